The molecule has 0 unspecified atom stereocenters. The zero-order valence-corrected chi connectivity index (χ0v) is 49.2. The van der Waals surface area contributed by atoms with Crippen LogP contribution in [0.4, 0.5) is 10.3 Å². The number of hydrogen-bond donors (Lipinski definition) is 5. The van der Waals surface area contributed by atoms with E-state index in [0.29, 0.717) is 43.9 Å². The van der Waals surface area contributed by atoms with Crippen LogP contribution in [-0.2, 0) is 38.1 Å². The van der Waals surface area contributed by atoms with Crippen LogP contribution in [-0.4, -0.2) is 156 Å². The second-order valence-corrected chi connectivity index (χ2v) is 23.5. The monoisotopic (exact) mass is 1170 g/mol. The number of phenolic OH excluding ortho intramolecular Hbond substituents is 1. The molecule has 6 aromatic rings. The van der Waals surface area contributed by atoms with Crippen LogP contribution < -0.4 is 16.0 Å². The molecule has 4 aromatic carbocycles. The third kappa shape index (κ3) is 15.8. The van der Waals surface area contributed by atoms with Crippen LogP contribution in [0, 0.1) is 18.2 Å². The van der Waals surface area contributed by atoms with Gasteiger partial charge in [0.15, 0.2) is 5.82 Å². The van der Waals surface area contributed by atoms with Crippen molar-refractivity contribution >= 4 is 74.2 Å². The number of amides is 4. The van der Waals surface area contributed by atoms with Crippen LogP contribution >= 0.6 is 22.9 Å². The number of β-amino-alcohol motifs (C(OH)–C–C–N with tert-alkyl or cyclic N) is 1. The fourth-order valence-corrected chi connectivity index (χ4v) is 11.7. The van der Waals surface area contributed by atoms with Gasteiger partial charge in [-0.15, -0.1) is 11.3 Å². The lowest BCUT2D eigenvalue weighted by atomic mass is 9.85. The Morgan fingerprint density at radius 2 is 1.57 bits per heavy atom. The number of hydrogen-bond acceptors (Lipinski definition) is 15. The molecule has 4 atom stereocenters. The second kappa shape index (κ2) is 28.7. The average molecular weight is 1170 g/mol. The minimum absolute atomic E-state index is 0.00684. The predicted molar refractivity (Wildman–Crippen MR) is 315 cm³/mol. The van der Waals surface area contributed by atoms with Gasteiger partial charge >= 0.3 is 0 Å². The van der Waals surface area contributed by atoms with Crippen molar-refractivity contribution in [2.45, 2.75) is 110 Å². The first kappa shape index (κ1) is 61.7. The molecule has 1 saturated carbocycles. The largest absolute Gasteiger partial charge is 0.508 e. The first-order valence-corrected chi connectivity index (χ1v) is 29.4. The highest BCUT2D eigenvalue weighted by Gasteiger charge is 2.45. The Labute approximate surface area is 487 Å². The summed E-state index contributed by atoms with van der Waals surface area (Å²) < 4.78 is 39.3. The van der Waals surface area contributed by atoms with Gasteiger partial charge in [-0.2, -0.15) is 0 Å². The summed E-state index contributed by atoms with van der Waals surface area (Å²) in [6.07, 6.45) is 4.36. The number of phenols is 1. The topological polar surface area (TPSA) is 227 Å². The Hall–Kier alpha value is -6.39. The number of ether oxygens (including phenoxy) is 4. The molecule has 0 bridgehead atoms. The average Bonchev–Trinajstić information content (AvgIpc) is 2.36. The number of benzene rings is 4. The molecule has 82 heavy (non-hydrogen) atoms. The summed E-state index contributed by atoms with van der Waals surface area (Å²) in [4.78, 5) is 71.8. The molecule has 2 fully saturated rings. The van der Waals surface area contributed by atoms with Crippen LogP contribution in [0.5, 0.6) is 5.75 Å². The highest BCUT2D eigenvalue weighted by atomic mass is 35.5. The number of aromatic hydroxyl groups is 1. The van der Waals surface area contributed by atoms with Crippen molar-refractivity contribution in [2.24, 2.45) is 5.41 Å². The molecule has 3 heterocycles. The van der Waals surface area contributed by atoms with Crippen molar-refractivity contribution in [2.75, 3.05) is 84.9 Å². The highest BCUT2D eigenvalue weighted by molar-refractivity contribution is 7.13. The molecule has 21 heteroatoms. The molecule has 440 valence electrons. The summed E-state index contributed by atoms with van der Waals surface area (Å²) >= 11 is 8.45. The van der Waals surface area contributed by atoms with Crippen LogP contribution in [0.2, 0.25) is 5.02 Å². The van der Waals surface area contributed by atoms with E-state index in [9.17, 15) is 29.4 Å². The first-order chi connectivity index (χ1) is 39.4. The zero-order valence-electron chi connectivity index (χ0n) is 47.6. The third-order valence-electron chi connectivity index (χ3n) is 15.0. The number of carbonyl (C=O) groups excluding carboxylic acids is 4. The molecule has 2 aromatic heterocycles. The molecule has 0 radical (unpaired) electrons. The van der Waals surface area contributed by atoms with Crippen LogP contribution in [0.1, 0.15) is 102 Å². The fraction of sp³-hybridized carbons (Fsp3) is 0.492. The number of thiazole rings is 1. The fourth-order valence-electron chi connectivity index (χ4n) is 10.6. The van der Waals surface area contributed by atoms with Crippen molar-refractivity contribution in [3.05, 3.63) is 100 Å². The number of rotatable bonds is 26. The third-order valence-corrected chi connectivity index (χ3v) is 16.3. The number of aryl methyl sites for hydroxylation is 1. The maximum Gasteiger partial charge on any atom is 0.246 e. The standard InChI is InChI=1S/C61H76ClFN8O10S/c1-37(39-16-18-41(19-17-39)56-38(2)65-36-82-56)66-58(76)49-32-44(73)34-71(49)59(77)57(61(3,4)5)67-50(74)35-81-29-28-80-27-26-79-25-24-78-23-22-70(6)51(75)20-21-64-60-68-54(40-12-8-7-9-13-40)47-33-48(62)52(53(63)55(47)69-60)46-31-43(72)30-42-14-10-11-15-45(42)46/h10-11,14-19,30-31,33,36-37,40,44,49,57,72-73H,7-9,12-13,20-29,32,34-35H2,1-6H3,(H,66,76)(H,67,74)(H,64,68,69)/t37-,44+,49-,57+/m0/s1. The highest BCUT2D eigenvalue weighted by Crippen LogP contribution is 2.43. The summed E-state index contributed by atoms with van der Waals surface area (Å²) in [5, 5.41) is 32.5. The van der Waals surface area contributed by atoms with E-state index in [4.69, 9.17) is 35.5 Å². The predicted octanol–water partition coefficient (Wildman–Crippen LogP) is 9.12. The number of aliphatic hydroxyl groups is 1. The molecule has 1 aliphatic heterocycles. The molecule has 1 saturated heterocycles. The number of halogens is 2. The van der Waals surface area contributed by atoms with Gasteiger partial charge in [0.2, 0.25) is 29.6 Å². The van der Waals surface area contributed by atoms with E-state index in [1.807, 2.05) is 88.7 Å². The van der Waals surface area contributed by atoms with E-state index in [1.54, 1.807) is 35.4 Å². The molecule has 8 rings (SSSR count). The van der Waals surface area contributed by atoms with Crippen molar-refractivity contribution in [1.82, 2.24) is 35.4 Å². The molecular formula is C61H76ClFN8O10S. The lowest BCUT2D eigenvalue weighted by Gasteiger charge is -2.35. The van der Waals surface area contributed by atoms with E-state index in [2.05, 4.69) is 25.9 Å². The van der Waals surface area contributed by atoms with Gasteiger partial charge in [-0.25, -0.2) is 19.3 Å². The van der Waals surface area contributed by atoms with Gasteiger partial charge in [0.25, 0.3) is 0 Å². The Morgan fingerprint density at radius 3 is 2.26 bits per heavy atom. The smallest absolute Gasteiger partial charge is 0.246 e. The molecule has 18 nitrogen and oxygen atoms in total. The summed E-state index contributed by atoms with van der Waals surface area (Å²) in [6.45, 7) is 11.3. The number of carbonyl (C=O) groups is 4. The molecule has 2 aliphatic rings. The number of aromatic nitrogens is 3. The summed E-state index contributed by atoms with van der Waals surface area (Å²) in [5.74, 6) is -1.76. The number of likely N-dealkylation sites (N-methyl/N-ethyl adjacent to an activating group) is 1. The minimum atomic E-state index is -0.995. The maximum absolute atomic E-state index is 16.9. The Morgan fingerprint density at radius 1 is 0.890 bits per heavy atom. The molecule has 1 aliphatic carbocycles. The van der Waals surface area contributed by atoms with E-state index in [-0.39, 0.29) is 104 Å². The number of aliphatic hydroxyl groups excluding tert-OH is 1. The van der Waals surface area contributed by atoms with Crippen molar-refractivity contribution < 1.29 is 52.7 Å². The number of nitrogens with one attached hydrogen (secondary N) is 3. The number of anilines is 1. The first-order valence-electron chi connectivity index (χ1n) is 28.2. The van der Waals surface area contributed by atoms with Gasteiger partial charge in [-0.05, 0) is 77.8 Å². The number of nitrogens with zero attached hydrogens (tertiary/aromatic N) is 5. The SMILES string of the molecule is Cc1ncsc1-c1ccc([C@H](C)NC(=O)[C@@H]2C[C@@H](O)CN2C(=O)[C@@H](NC(=O)COCCOCCOCCOCCN(C)C(=O)CCNc2nc(C3CCCCC3)c3cc(Cl)c(-c4cc(O)cc5ccccc45)c(F)c3n2)C(C)(C)C)cc1. The van der Waals surface area contributed by atoms with Crippen LogP contribution in [0.25, 0.3) is 43.2 Å². The normalized spacial score (nSPS) is 16.6. The van der Waals surface area contributed by atoms with Crippen molar-refractivity contribution in [1.29, 1.82) is 0 Å². The van der Waals surface area contributed by atoms with E-state index in [1.165, 1.54) is 11.0 Å². The van der Waals surface area contributed by atoms with Crippen LogP contribution in [0.3, 0.4) is 0 Å². The second-order valence-electron chi connectivity index (χ2n) is 22.2. The molecule has 4 amide bonds. The van der Waals surface area contributed by atoms with Crippen LogP contribution in [0.15, 0.2) is 72.2 Å². The minimum Gasteiger partial charge on any atom is -0.508 e. The van der Waals surface area contributed by atoms with Crippen molar-refractivity contribution in [3.8, 4) is 27.3 Å². The van der Waals surface area contributed by atoms with Gasteiger partial charge < -0.3 is 54.9 Å². The number of likely N-dealkylation sites (tertiary alicyclic amines) is 1. The van der Waals surface area contributed by atoms with Gasteiger partial charge in [-0.1, -0.05) is 100 Å². The van der Waals surface area contributed by atoms with Gasteiger partial charge in [0.1, 0.15) is 30.0 Å². The summed E-state index contributed by atoms with van der Waals surface area (Å²) in [5.41, 5.74) is 5.43. The van der Waals surface area contributed by atoms with E-state index < -0.39 is 41.2 Å². The van der Waals surface area contributed by atoms with E-state index in [0.717, 1.165) is 70.3 Å². The Balaban J connectivity index is 0.699. The van der Waals surface area contributed by atoms with Crippen molar-refractivity contribution in [3.63, 3.8) is 0 Å². The Bertz CT molecular complexity index is 3170. The lowest BCUT2D eigenvalue weighted by Crippen LogP contribution is -2.58. The summed E-state index contributed by atoms with van der Waals surface area (Å²) in [6, 6.07) is 17.9. The molecular weight excluding hydrogens is 1090 g/mol. The van der Waals surface area contributed by atoms with Gasteiger partial charge in [0.05, 0.1) is 85.2 Å². The lowest BCUT2D eigenvalue weighted by molar-refractivity contribution is -0.144. The molecule has 0 spiro atoms. The number of fused-ring (bicyclic) bond motifs is 2. The van der Waals surface area contributed by atoms with Gasteiger partial charge in [0, 0.05) is 56.4 Å². The van der Waals surface area contributed by atoms with E-state index >= 15 is 4.39 Å². The quantitative estimate of drug-likeness (QED) is 0.0319. The maximum atomic E-state index is 16.9. The molecule has 5 N–H and O–H groups in total. The zero-order chi connectivity index (χ0) is 58.5. The Kier molecular flexibility index (Phi) is 21.6. The van der Waals surface area contributed by atoms with Gasteiger partial charge in [-0.3, -0.25) is 19.2 Å². The summed E-state index contributed by atoms with van der Waals surface area (Å²) in [7, 11) is 1.70.